The van der Waals surface area contributed by atoms with E-state index in [2.05, 4.69) is 15.5 Å². The molecule has 0 aliphatic carbocycles. The van der Waals surface area contributed by atoms with E-state index in [-0.39, 0.29) is 36.4 Å². The van der Waals surface area contributed by atoms with Gasteiger partial charge in [-0.3, -0.25) is 19.0 Å². The molecule has 3 heterocycles. The third-order valence-corrected chi connectivity index (χ3v) is 5.51. The number of ether oxygens (including phenoxy) is 1. The van der Waals surface area contributed by atoms with E-state index < -0.39 is 12.0 Å². The lowest BCUT2D eigenvalue weighted by atomic mass is 10.2. The zero-order valence-corrected chi connectivity index (χ0v) is 19.4. The lowest BCUT2D eigenvalue weighted by molar-refractivity contribution is -0.136. The van der Waals surface area contributed by atoms with E-state index >= 15 is 0 Å². The molecule has 2 aromatic heterocycles. The van der Waals surface area contributed by atoms with Crippen molar-refractivity contribution in [2.24, 2.45) is 0 Å². The first-order valence-corrected chi connectivity index (χ1v) is 11.0. The fourth-order valence-corrected chi connectivity index (χ4v) is 3.53. The second kappa shape index (κ2) is 10.8. The SMILES string of the molecule is CCOC(=O)N1CCN(C(=O)C(C)n2cc(NC(=O)CCn3cc(C(=O)O)cn3)c(C)n2)CC1. The van der Waals surface area contributed by atoms with Crippen LogP contribution in [0.15, 0.2) is 18.6 Å². The molecule has 1 aliphatic rings. The summed E-state index contributed by atoms with van der Waals surface area (Å²) < 4.78 is 7.90. The van der Waals surface area contributed by atoms with Crippen molar-refractivity contribution in [3.8, 4) is 0 Å². The molecule has 2 N–H and O–H groups in total. The quantitative estimate of drug-likeness (QED) is 0.573. The summed E-state index contributed by atoms with van der Waals surface area (Å²) in [5.74, 6) is -1.50. The molecule has 0 saturated carbocycles. The zero-order valence-electron chi connectivity index (χ0n) is 19.4. The highest BCUT2D eigenvalue weighted by molar-refractivity contribution is 5.91. The second-order valence-corrected chi connectivity index (χ2v) is 7.89. The first-order valence-electron chi connectivity index (χ1n) is 11.0. The number of carbonyl (C=O) groups is 4. The second-order valence-electron chi connectivity index (χ2n) is 7.89. The molecule has 1 saturated heterocycles. The number of aromatic nitrogens is 4. The summed E-state index contributed by atoms with van der Waals surface area (Å²) in [6.07, 6.45) is 3.91. The number of amides is 3. The van der Waals surface area contributed by atoms with Crippen molar-refractivity contribution in [1.82, 2.24) is 29.4 Å². The van der Waals surface area contributed by atoms with Crippen molar-refractivity contribution >= 4 is 29.6 Å². The molecule has 13 nitrogen and oxygen atoms in total. The van der Waals surface area contributed by atoms with Crippen LogP contribution in [0.3, 0.4) is 0 Å². The Morgan fingerprint density at radius 3 is 2.44 bits per heavy atom. The summed E-state index contributed by atoms with van der Waals surface area (Å²) in [5.41, 5.74) is 1.11. The molecule has 0 radical (unpaired) electrons. The van der Waals surface area contributed by atoms with Crippen LogP contribution in [0, 0.1) is 6.92 Å². The average Bonchev–Trinajstić information content (AvgIpc) is 3.44. The molecule has 0 bridgehead atoms. The highest BCUT2D eigenvalue weighted by Crippen LogP contribution is 2.19. The molecule has 2 aromatic rings. The van der Waals surface area contributed by atoms with Gasteiger partial charge in [-0.2, -0.15) is 10.2 Å². The summed E-state index contributed by atoms with van der Waals surface area (Å²) in [5, 5.41) is 20.0. The molecule has 1 fully saturated rings. The standard InChI is InChI=1S/C21H29N7O6/c1-4-34-21(33)26-9-7-25(8-10-26)19(30)15(3)28-13-17(14(2)24-28)23-18(29)5-6-27-12-16(11-22-27)20(31)32/h11-13,15H,4-10H2,1-3H3,(H,23,29)(H,31,32). The number of carbonyl (C=O) groups excluding carboxylic acids is 3. The van der Waals surface area contributed by atoms with Gasteiger partial charge in [-0.25, -0.2) is 9.59 Å². The molecular weight excluding hydrogens is 446 g/mol. The minimum Gasteiger partial charge on any atom is -0.478 e. The topological polar surface area (TPSA) is 152 Å². The third kappa shape index (κ3) is 5.91. The van der Waals surface area contributed by atoms with Crippen molar-refractivity contribution in [3.05, 3.63) is 29.8 Å². The molecule has 0 spiro atoms. The maximum Gasteiger partial charge on any atom is 0.409 e. The Labute approximate surface area is 196 Å². The van der Waals surface area contributed by atoms with Crippen LogP contribution in [-0.4, -0.2) is 91.1 Å². The van der Waals surface area contributed by atoms with Gasteiger partial charge in [-0.05, 0) is 20.8 Å². The Kier molecular flexibility index (Phi) is 7.87. The van der Waals surface area contributed by atoms with Crippen LogP contribution < -0.4 is 5.32 Å². The van der Waals surface area contributed by atoms with E-state index in [1.54, 1.807) is 36.8 Å². The van der Waals surface area contributed by atoms with E-state index in [4.69, 9.17) is 9.84 Å². The number of anilines is 1. The molecule has 3 rings (SSSR count). The molecule has 13 heteroatoms. The van der Waals surface area contributed by atoms with Crippen LogP contribution >= 0.6 is 0 Å². The van der Waals surface area contributed by atoms with E-state index in [1.807, 2.05) is 0 Å². The van der Waals surface area contributed by atoms with Gasteiger partial charge in [0.1, 0.15) is 6.04 Å². The smallest absolute Gasteiger partial charge is 0.409 e. The zero-order chi connectivity index (χ0) is 24.8. The fourth-order valence-electron chi connectivity index (χ4n) is 3.53. The number of piperazine rings is 1. The van der Waals surface area contributed by atoms with Crippen LogP contribution in [0.25, 0.3) is 0 Å². The number of carboxylic acids is 1. The maximum absolute atomic E-state index is 12.9. The third-order valence-electron chi connectivity index (χ3n) is 5.51. The maximum atomic E-state index is 12.9. The molecule has 184 valence electrons. The van der Waals surface area contributed by atoms with Gasteiger partial charge in [0, 0.05) is 51.5 Å². The number of carboxylic acid groups (broad SMARTS) is 1. The lowest BCUT2D eigenvalue weighted by Crippen LogP contribution is -2.52. The van der Waals surface area contributed by atoms with Crippen LogP contribution in [0.2, 0.25) is 0 Å². The van der Waals surface area contributed by atoms with Crippen LogP contribution in [0.5, 0.6) is 0 Å². The van der Waals surface area contributed by atoms with Crippen LogP contribution in [0.4, 0.5) is 10.5 Å². The number of rotatable bonds is 8. The van der Waals surface area contributed by atoms with Crippen molar-refractivity contribution in [2.75, 3.05) is 38.1 Å². The molecule has 3 amide bonds. The highest BCUT2D eigenvalue weighted by Gasteiger charge is 2.29. The van der Waals surface area contributed by atoms with E-state index in [1.165, 1.54) is 21.8 Å². The summed E-state index contributed by atoms with van der Waals surface area (Å²) >= 11 is 0. The van der Waals surface area contributed by atoms with Gasteiger partial charge in [0.2, 0.25) is 11.8 Å². The normalized spacial score (nSPS) is 14.6. The predicted octanol–water partition coefficient (Wildman–Crippen LogP) is 0.977. The monoisotopic (exact) mass is 475 g/mol. The highest BCUT2D eigenvalue weighted by atomic mass is 16.6. The van der Waals surface area contributed by atoms with E-state index in [0.29, 0.717) is 44.2 Å². The van der Waals surface area contributed by atoms with Crippen LogP contribution in [0.1, 0.15) is 42.4 Å². The molecular formula is C21H29N7O6. The van der Waals surface area contributed by atoms with Crippen molar-refractivity contribution in [3.63, 3.8) is 0 Å². The summed E-state index contributed by atoms with van der Waals surface area (Å²) in [6, 6.07) is -0.586. The van der Waals surface area contributed by atoms with E-state index in [0.717, 1.165) is 0 Å². The first kappa shape index (κ1) is 24.7. The predicted molar refractivity (Wildman–Crippen MR) is 119 cm³/mol. The number of nitrogens with zero attached hydrogens (tertiary/aromatic N) is 6. The Bertz CT molecular complexity index is 1050. The van der Waals surface area contributed by atoms with Gasteiger partial charge in [-0.15, -0.1) is 0 Å². The van der Waals surface area contributed by atoms with Gasteiger partial charge in [0.15, 0.2) is 0 Å². The number of hydrogen-bond acceptors (Lipinski definition) is 7. The van der Waals surface area contributed by atoms with Gasteiger partial charge in [0.25, 0.3) is 0 Å². The summed E-state index contributed by atoms with van der Waals surface area (Å²) in [4.78, 5) is 51.3. The number of aromatic carboxylic acids is 1. The van der Waals surface area contributed by atoms with Crippen molar-refractivity contribution in [1.29, 1.82) is 0 Å². The van der Waals surface area contributed by atoms with Gasteiger partial charge in [-0.1, -0.05) is 0 Å². The molecule has 34 heavy (non-hydrogen) atoms. The van der Waals surface area contributed by atoms with Gasteiger partial charge >= 0.3 is 12.1 Å². The number of hydrogen-bond donors (Lipinski definition) is 2. The van der Waals surface area contributed by atoms with Crippen molar-refractivity contribution in [2.45, 2.75) is 39.8 Å². The average molecular weight is 476 g/mol. The van der Waals surface area contributed by atoms with Gasteiger partial charge in [0.05, 0.1) is 29.7 Å². The minimum atomic E-state index is -1.08. The Hall–Kier alpha value is -3.90. The van der Waals surface area contributed by atoms with Gasteiger partial charge < -0.3 is 25.0 Å². The number of nitrogens with one attached hydrogen (secondary N) is 1. The number of aryl methyl sites for hydroxylation is 2. The fraction of sp³-hybridized carbons (Fsp3) is 0.524. The molecule has 1 unspecified atom stereocenters. The Morgan fingerprint density at radius 1 is 1.15 bits per heavy atom. The summed E-state index contributed by atoms with van der Waals surface area (Å²) in [6.45, 7) is 7.36. The van der Waals surface area contributed by atoms with Crippen molar-refractivity contribution < 1.29 is 29.0 Å². The lowest BCUT2D eigenvalue weighted by Gasteiger charge is -2.35. The Balaban J connectivity index is 1.53. The molecule has 1 atom stereocenters. The summed E-state index contributed by atoms with van der Waals surface area (Å²) in [7, 11) is 0. The minimum absolute atomic E-state index is 0.0542. The first-order chi connectivity index (χ1) is 16.2. The largest absolute Gasteiger partial charge is 0.478 e. The Morgan fingerprint density at radius 2 is 1.82 bits per heavy atom. The van der Waals surface area contributed by atoms with Crippen LogP contribution in [-0.2, 0) is 20.9 Å². The molecule has 1 aliphatic heterocycles. The van der Waals surface area contributed by atoms with E-state index in [9.17, 15) is 19.2 Å². The molecule has 0 aromatic carbocycles.